The first-order valence-electron chi connectivity index (χ1n) is 6.33. The molecule has 16 heavy (non-hydrogen) atoms. The van der Waals surface area contributed by atoms with Crippen molar-refractivity contribution in [3.63, 3.8) is 0 Å². The van der Waals surface area contributed by atoms with E-state index in [0.29, 0.717) is 12.5 Å². The number of fused-ring (bicyclic) bond motifs is 1. The number of carbonyl (C=O) groups excluding carboxylic acids is 2. The third-order valence-corrected chi connectivity index (χ3v) is 4.31. The molecule has 1 N–H and O–H groups in total. The highest BCUT2D eigenvalue weighted by Crippen LogP contribution is 2.39. The van der Waals surface area contributed by atoms with Crippen molar-refractivity contribution in [3.05, 3.63) is 0 Å². The first kappa shape index (κ1) is 10.3. The molecule has 4 heteroatoms. The number of rotatable bonds is 3. The van der Waals surface area contributed by atoms with Gasteiger partial charge in [-0.3, -0.25) is 14.5 Å². The average Bonchev–Trinajstić information content (AvgIpc) is 2.75. The molecule has 3 rings (SSSR count). The van der Waals surface area contributed by atoms with E-state index in [9.17, 15) is 9.59 Å². The smallest absolute Gasteiger partial charge is 0.233 e. The maximum Gasteiger partial charge on any atom is 0.233 e. The zero-order valence-electron chi connectivity index (χ0n) is 9.45. The molecule has 2 amide bonds. The zero-order valence-corrected chi connectivity index (χ0v) is 9.45. The van der Waals surface area contributed by atoms with Crippen LogP contribution in [0.25, 0.3) is 0 Å². The van der Waals surface area contributed by atoms with Gasteiger partial charge in [0.15, 0.2) is 0 Å². The summed E-state index contributed by atoms with van der Waals surface area (Å²) in [5.74, 6) is 0.958. The first-order valence-corrected chi connectivity index (χ1v) is 6.33. The van der Waals surface area contributed by atoms with Crippen molar-refractivity contribution in [2.75, 3.05) is 19.6 Å². The molecule has 2 aliphatic heterocycles. The molecule has 0 bridgehead atoms. The van der Waals surface area contributed by atoms with Gasteiger partial charge < -0.3 is 5.32 Å². The largest absolute Gasteiger partial charge is 0.316 e. The van der Waals surface area contributed by atoms with E-state index >= 15 is 0 Å². The second kappa shape index (κ2) is 3.84. The van der Waals surface area contributed by atoms with Gasteiger partial charge in [0.1, 0.15) is 0 Å². The molecule has 0 aromatic heterocycles. The molecule has 2 unspecified atom stereocenters. The Morgan fingerprint density at radius 2 is 1.75 bits per heavy atom. The van der Waals surface area contributed by atoms with Gasteiger partial charge in [0.25, 0.3) is 0 Å². The van der Waals surface area contributed by atoms with Gasteiger partial charge in [-0.1, -0.05) is 6.42 Å². The van der Waals surface area contributed by atoms with Gasteiger partial charge in [-0.2, -0.15) is 0 Å². The fraction of sp³-hybridized carbons (Fsp3) is 0.833. The molecule has 2 atom stereocenters. The van der Waals surface area contributed by atoms with Crippen molar-refractivity contribution in [2.45, 2.75) is 25.7 Å². The van der Waals surface area contributed by atoms with Gasteiger partial charge in [-0.25, -0.2) is 0 Å². The summed E-state index contributed by atoms with van der Waals surface area (Å²) in [5.41, 5.74) is 0. The van der Waals surface area contributed by atoms with Crippen LogP contribution in [0.4, 0.5) is 0 Å². The molecule has 4 nitrogen and oxygen atoms in total. The van der Waals surface area contributed by atoms with Crippen molar-refractivity contribution in [2.24, 2.45) is 17.8 Å². The Bertz CT molecular complexity index is 303. The van der Waals surface area contributed by atoms with E-state index in [-0.39, 0.29) is 23.7 Å². The molecule has 88 valence electrons. The second-order valence-corrected chi connectivity index (χ2v) is 5.28. The number of amides is 2. The lowest BCUT2D eigenvalue weighted by Gasteiger charge is -2.28. The van der Waals surface area contributed by atoms with Crippen LogP contribution in [0.2, 0.25) is 0 Å². The lowest BCUT2D eigenvalue weighted by atomic mass is 9.99. The average molecular weight is 222 g/mol. The predicted octanol–water partition coefficient (Wildman–Crippen LogP) is 0.381. The van der Waals surface area contributed by atoms with Crippen molar-refractivity contribution < 1.29 is 9.59 Å². The first-order chi connectivity index (χ1) is 7.77. The summed E-state index contributed by atoms with van der Waals surface area (Å²) in [7, 11) is 0. The van der Waals surface area contributed by atoms with Crippen LogP contribution in [-0.2, 0) is 9.59 Å². The van der Waals surface area contributed by atoms with Crippen LogP contribution in [0.15, 0.2) is 0 Å². The number of hydrogen-bond acceptors (Lipinski definition) is 3. The molecule has 2 saturated heterocycles. The van der Waals surface area contributed by atoms with Gasteiger partial charge in [0.2, 0.25) is 11.8 Å². The Balaban J connectivity index is 1.62. The molecular weight excluding hydrogens is 204 g/mol. The minimum atomic E-state index is 0.0343. The van der Waals surface area contributed by atoms with Gasteiger partial charge in [-0.15, -0.1) is 0 Å². The second-order valence-electron chi connectivity index (χ2n) is 5.28. The molecular formula is C12H18N2O2. The highest BCUT2D eigenvalue weighted by Gasteiger charge is 2.49. The molecule has 2 heterocycles. The van der Waals surface area contributed by atoms with E-state index in [0.717, 1.165) is 38.8 Å². The molecule has 0 radical (unpaired) electrons. The fourth-order valence-electron chi connectivity index (χ4n) is 3.14. The van der Waals surface area contributed by atoms with Crippen LogP contribution in [0, 0.1) is 17.8 Å². The SMILES string of the molecule is O=C1C2CCCC2C(=O)N1CCC1CNC1. The van der Waals surface area contributed by atoms with Crippen LogP contribution in [0.1, 0.15) is 25.7 Å². The molecule has 1 saturated carbocycles. The standard InChI is InChI=1S/C12H18N2O2/c15-11-9-2-1-3-10(9)12(16)14(11)5-4-8-6-13-7-8/h8-10,13H,1-7H2. The molecule has 3 aliphatic rings. The summed E-state index contributed by atoms with van der Waals surface area (Å²) >= 11 is 0. The summed E-state index contributed by atoms with van der Waals surface area (Å²) in [6.45, 7) is 2.74. The Labute approximate surface area is 95.4 Å². The maximum atomic E-state index is 12.0. The van der Waals surface area contributed by atoms with Crippen LogP contribution < -0.4 is 5.32 Å². The minimum Gasteiger partial charge on any atom is -0.316 e. The number of nitrogens with zero attached hydrogens (tertiary/aromatic N) is 1. The monoisotopic (exact) mass is 222 g/mol. The molecule has 1 aliphatic carbocycles. The van der Waals surface area contributed by atoms with Gasteiger partial charge in [-0.05, 0) is 38.3 Å². The van der Waals surface area contributed by atoms with Crippen molar-refractivity contribution in [1.82, 2.24) is 10.2 Å². The number of likely N-dealkylation sites (tertiary alicyclic amines) is 1. The van der Waals surface area contributed by atoms with Crippen LogP contribution in [0.3, 0.4) is 0 Å². The molecule has 3 fully saturated rings. The highest BCUT2D eigenvalue weighted by atomic mass is 16.2. The van der Waals surface area contributed by atoms with Gasteiger partial charge in [0, 0.05) is 6.54 Å². The summed E-state index contributed by atoms with van der Waals surface area (Å²) < 4.78 is 0. The van der Waals surface area contributed by atoms with Gasteiger partial charge >= 0.3 is 0 Å². The molecule has 0 spiro atoms. The summed E-state index contributed by atoms with van der Waals surface area (Å²) in [5, 5.41) is 3.21. The molecule has 0 aromatic carbocycles. The Morgan fingerprint density at radius 3 is 2.25 bits per heavy atom. The van der Waals surface area contributed by atoms with Crippen LogP contribution in [0.5, 0.6) is 0 Å². The lowest BCUT2D eigenvalue weighted by molar-refractivity contribution is -0.140. The van der Waals surface area contributed by atoms with Crippen LogP contribution >= 0.6 is 0 Å². The van der Waals surface area contributed by atoms with E-state index in [4.69, 9.17) is 0 Å². The molecule has 0 aromatic rings. The fourth-order valence-corrected chi connectivity index (χ4v) is 3.14. The quantitative estimate of drug-likeness (QED) is 0.702. The number of carbonyl (C=O) groups is 2. The zero-order chi connectivity index (χ0) is 11.1. The number of imide groups is 1. The Morgan fingerprint density at radius 1 is 1.12 bits per heavy atom. The van der Waals surface area contributed by atoms with E-state index in [1.54, 1.807) is 0 Å². The van der Waals surface area contributed by atoms with E-state index in [1.165, 1.54) is 4.90 Å². The predicted molar refractivity (Wildman–Crippen MR) is 58.5 cm³/mol. The summed E-state index contributed by atoms with van der Waals surface area (Å²) in [6, 6.07) is 0. The third kappa shape index (κ3) is 1.47. The van der Waals surface area contributed by atoms with Crippen molar-refractivity contribution >= 4 is 11.8 Å². The van der Waals surface area contributed by atoms with Crippen molar-refractivity contribution in [3.8, 4) is 0 Å². The number of hydrogen-bond donors (Lipinski definition) is 1. The van der Waals surface area contributed by atoms with Gasteiger partial charge in [0.05, 0.1) is 11.8 Å². The Kier molecular flexibility index (Phi) is 2.46. The third-order valence-electron chi connectivity index (χ3n) is 4.31. The summed E-state index contributed by atoms with van der Waals surface area (Å²) in [4.78, 5) is 25.5. The van der Waals surface area contributed by atoms with Crippen LogP contribution in [-0.4, -0.2) is 36.3 Å². The highest BCUT2D eigenvalue weighted by molar-refractivity contribution is 6.05. The van der Waals surface area contributed by atoms with E-state index in [1.807, 2.05) is 0 Å². The maximum absolute atomic E-state index is 12.0. The topological polar surface area (TPSA) is 49.4 Å². The lowest BCUT2D eigenvalue weighted by Crippen LogP contribution is -2.44. The normalized spacial score (nSPS) is 34.4. The Hall–Kier alpha value is -0.900. The van der Waals surface area contributed by atoms with Crippen molar-refractivity contribution in [1.29, 1.82) is 0 Å². The summed E-state index contributed by atoms with van der Waals surface area (Å²) in [6.07, 6.45) is 3.88. The minimum absolute atomic E-state index is 0.0343. The van der Waals surface area contributed by atoms with E-state index < -0.39 is 0 Å². The number of nitrogens with one attached hydrogen (secondary N) is 1. The van der Waals surface area contributed by atoms with E-state index in [2.05, 4.69) is 5.32 Å².